The van der Waals surface area contributed by atoms with Crippen LogP contribution in [0.3, 0.4) is 0 Å². The minimum absolute atomic E-state index is 0.309. The van der Waals surface area contributed by atoms with Crippen molar-refractivity contribution in [2.75, 3.05) is 40.3 Å². The molecule has 0 aromatic heterocycles. The summed E-state index contributed by atoms with van der Waals surface area (Å²) >= 11 is 0. The maximum absolute atomic E-state index is 12.5. The fourth-order valence-corrected chi connectivity index (χ4v) is 2.64. The third-order valence-corrected chi connectivity index (χ3v) is 3.79. The van der Waals surface area contributed by atoms with Gasteiger partial charge in [0.05, 0.1) is 0 Å². The van der Waals surface area contributed by atoms with E-state index in [2.05, 4.69) is 39.8 Å². The van der Waals surface area contributed by atoms with E-state index in [1.807, 2.05) is 4.90 Å². The van der Waals surface area contributed by atoms with Gasteiger partial charge in [-0.3, -0.25) is 4.79 Å². The smallest absolute Gasteiger partial charge is 0.222 e. The highest BCUT2D eigenvalue weighted by Crippen LogP contribution is 2.18. The molecule has 0 aliphatic rings. The Kier molecular flexibility index (Phi) is 11.6. The van der Waals surface area contributed by atoms with Crippen LogP contribution in [0.2, 0.25) is 0 Å². The summed E-state index contributed by atoms with van der Waals surface area (Å²) in [4.78, 5) is 16.7. The highest BCUT2D eigenvalue weighted by molar-refractivity contribution is 5.76. The van der Waals surface area contributed by atoms with Gasteiger partial charge in [0.25, 0.3) is 0 Å². The van der Waals surface area contributed by atoms with Gasteiger partial charge in [-0.15, -0.1) is 0 Å². The molecule has 0 heterocycles. The number of likely N-dealkylation sites (N-methyl/N-ethyl adjacent to an activating group) is 1. The Morgan fingerprint density at radius 2 is 1.76 bits per heavy atom. The van der Waals surface area contributed by atoms with Crippen molar-refractivity contribution in [3.05, 3.63) is 0 Å². The summed E-state index contributed by atoms with van der Waals surface area (Å²) in [6.45, 7) is 9.90. The van der Waals surface area contributed by atoms with Crippen LogP contribution >= 0.6 is 0 Å². The molecule has 0 aliphatic heterocycles. The van der Waals surface area contributed by atoms with Crippen LogP contribution in [0.1, 0.15) is 52.9 Å². The number of carbonyl (C=O) groups excluding carboxylic acids is 1. The molecular weight excluding hydrogens is 262 g/mol. The molecule has 4 heteroatoms. The largest absolute Gasteiger partial charge is 0.341 e. The van der Waals surface area contributed by atoms with Crippen molar-refractivity contribution >= 4 is 5.91 Å². The second kappa shape index (κ2) is 12.0. The van der Waals surface area contributed by atoms with E-state index in [0.29, 0.717) is 24.2 Å². The molecule has 126 valence electrons. The molecule has 1 unspecified atom stereocenters. The quantitative estimate of drug-likeness (QED) is 0.602. The van der Waals surface area contributed by atoms with Gasteiger partial charge in [0.15, 0.2) is 0 Å². The molecule has 1 atom stereocenters. The Labute approximate surface area is 132 Å². The Morgan fingerprint density at radius 3 is 2.24 bits per heavy atom. The van der Waals surface area contributed by atoms with Crippen LogP contribution in [-0.4, -0.2) is 56.0 Å². The third kappa shape index (κ3) is 10.7. The van der Waals surface area contributed by atoms with Crippen molar-refractivity contribution in [2.45, 2.75) is 52.9 Å². The van der Waals surface area contributed by atoms with E-state index >= 15 is 0 Å². The first-order valence-electron chi connectivity index (χ1n) is 8.53. The van der Waals surface area contributed by atoms with Gasteiger partial charge in [-0.25, -0.2) is 0 Å². The summed E-state index contributed by atoms with van der Waals surface area (Å²) in [6.07, 6.45) is 5.07. The van der Waals surface area contributed by atoms with Gasteiger partial charge in [-0.1, -0.05) is 33.6 Å². The minimum Gasteiger partial charge on any atom is -0.341 e. The second-order valence-electron chi connectivity index (χ2n) is 6.81. The Morgan fingerprint density at radius 1 is 1.10 bits per heavy atom. The number of amides is 1. The molecule has 0 radical (unpaired) electrons. The highest BCUT2D eigenvalue weighted by Gasteiger charge is 2.17. The van der Waals surface area contributed by atoms with Gasteiger partial charge in [0.1, 0.15) is 0 Å². The minimum atomic E-state index is 0.309. The zero-order valence-electron chi connectivity index (χ0n) is 14.9. The van der Waals surface area contributed by atoms with Gasteiger partial charge in [0, 0.05) is 26.1 Å². The van der Waals surface area contributed by atoms with Crippen LogP contribution in [0, 0.1) is 11.8 Å². The van der Waals surface area contributed by atoms with Crippen LogP contribution < -0.4 is 5.73 Å². The molecule has 0 aromatic rings. The van der Waals surface area contributed by atoms with Crippen LogP contribution in [0.5, 0.6) is 0 Å². The summed E-state index contributed by atoms with van der Waals surface area (Å²) in [5.41, 5.74) is 5.67. The van der Waals surface area contributed by atoms with Gasteiger partial charge in [0.2, 0.25) is 5.91 Å². The molecule has 0 bridgehead atoms. The lowest BCUT2D eigenvalue weighted by atomic mass is 9.94. The van der Waals surface area contributed by atoms with Crippen LogP contribution in [-0.2, 0) is 4.79 Å². The van der Waals surface area contributed by atoms with E-state index in [4.69, 9.17) is 5.73 Å². The van der Waals surface area contributed by atoms with Crippen LogP contribution in [0.4, 0.5) is 0 Å². The van der Waals surface area contributed by atoms with E-state index in [-0.39, 0.29) is 0 Å². The molecule has 0 aromatic carbocycles. The van der Waals surface area contributed by atoms with Crippen molar-refractivity contribution in [1.29, 1.82) is 0 Å². The number of nitrogens with two attached hydrogens (primary N) is 1. The fourth-order valence-electron chi connectivity index (χ4n) is 2.64. The summed E-state index contributed by atoms with van der Waals surface area (Å²) < 4.78 is 0. The predicted octanol–water partition coefficient (Wildman–Crippen LogP) is 2.58. The van der Waals surface area contributed by atoms with Crippen LogP contribution in [0.25, 0.3) is 0 Å². The Hall–Kier alpha value is -0.610. The zero-order valence-corrected chi connectivity index (χ0v) is 14.9. The number of hydrogen-bond acceptors (Lipinski definition) is 3. The maximum atomic E-state index is 12.5. The average molecular weight is 300 g/mol. The van der Waals surface area contributed by atoms with E-state index in [9.17, 15) is 4.79 Å². The maximum Gasteiger partial charge on any atom is 0.222 e. The fraction of sp³-hybridized carbons (Fsp3) is 0.941. The van der Waals surface area contributed by atoms with Gasteiger partial charge in [-0.05, 0) is 45.3 Å². The number of rotatable bonds is 12. The molecule has 0 saturated heterocycles. The monoisotopic (exact) mass is 299 g/mol. The normalized spacial score (nSPS) is 13.0. The Bertz CT molecular complexity index is 261. The summed E-state index contributed by atoms with van der Waals surface area (Å²) in [6, 6.07) is 0. The molecule has 4 nitrogen and oxygen atoms in total. The standard InChI is InChI=1S/C17H37N3O/c1-6-7-16(10-11-18)8-9-17(21)20(14-15(2)3)13-12-19(4)5/h15-16H,6-14,18H2,1-5H3. The lowest BCUT2D eigenvalue weighted by molar-refractivity contribution is -0.132. The van der Waals surface area contributed by atoms with E-state index in [0.717, 1.165) is 39.0 Å². The first kappa shape index (κ1) is 20.4. The average Bonchev–Trinajstić information content (AvgIpc) is 2.40. The Balaban J connectivity index is 4.36. The highest BCUT2D eigenvalue weighted by atomic mass is 16.2. The number of nitrogens with zero attached hydrogens (tertiary/aromatic N) is 2. The number of carbonyl (C=O) groups is 1. The van der Waals surface area contributed by atoms with Crippen molar-refractivity contribution in [3.63, 3.8) is 0 Å². The predicted molar refractivity (Wildman–Crippen MR) is 91.3 cm³/mol. The molecule has 0 rings (SSSR count). The van der Waals surface area contributed by atoms with E-state index in [1.54, 1.807) is 0 Å². The molecule has 0 saturated carbocycles. The zero-order chi connectivity index (χ0) is 16.3. The SMILES string of the molecule is CCCC(CCN)CCC(=O)N(CCN(C)C)CC(C)C. The summed E-state index contributed by atoms with van der Waals surface area (Å²) in [5.74, 6) is 1.44. The van der Waals surface area contributed by atoms with E-state index in [1.165, 1.54) is 12.8 Å². The lowest BCUT2D eigenvalue weighted by Gasteiger charge is -2.27. The molecular formula is C17H37N3O. The molecule has 0 spiro atoms. The van der Waals surface area contributed by atoms with Gasteiger partial charge in [-0.2, -0.15) is 0 Å². The molecule has 0 aliphatic carbocycles. The first-order valence-corrected chi connectivity index (χ1v) is 8.53. The van der Waals surface area contributed by atoms with Crippen molar-refractivity contribution in [2.24, 2.45) is 17.6 Å². The lowest BCUT2D eigenvalue weighted by Crippen LogP contribution is -2.39. The van der Waals surface area contributed by atoms with Crippen molar-refractivity contribution in [3.8, 4) is 0 Å². The summed E-state index contributed by atoms with van der Waals surface area (Å²) in [7, 11) is 4.10. The van der Waals surface area contributed by atoms with Gasteiger partial charge >= 0.3 is 0 Å². The summed E-state index contributed by atoms with van der Waals surface area (Å²) in [5, 5.41) is 0. The third-order valence-electron chi connectivity index (χ3n) is 3.79. The molecule has 0 fully saturated rings. The van der Waals surface area contributed by atoms with Crippen LogP contribution in [0.15, 0.2) is 0 Å². The first-order chi connectivity index (χ1) is 9.90. The van der Waals surface area contributed by atoms with Crippen molar-refractivity contribution < 1.29 is 4.79 Å². The molecule has 21 heavy (non-hydrogen) atoms. The van der Waals surface area contributed by atoms with Crippen molar-refractivity contribution in [1.82, 2.24) is 9.80 Å². The second-order valence-corrected chi connectivity index (χ2v) is 6.81. The molecule has 2 N–H and O–H groups in total. The topological polar surface area (TPSA) is 49.6 Å². The van der Waals surface area contributed by atoms with E-state index < -0.39 is 0 Å². The van der Waals surface area contributed by atoms with Gasteiger partial charge < -0.3 is 15.5 Å². The molecule has 1 amide bonds. The number of hydrogen-bond donors (Lipinski definition) is 1.